The normalized spacial score (nSPS) is 11.1. The summed E-state index contributed by atoms with van der Waals surface area (Å²) >= 11 is 12.8. The fraction of sp³-hybridized carbons (Fsp3) is 0.444. The van der Waals surface area contributed by atoms with Crippen molar-refractivity contribution in [1.29, 1.82) is 0 Å². The molecule has 0 bridgehead atoms. The third kappa shape index (κ3) is 2.74. The first-order valence-electron chi connectivity index (χ1n) is 5.00. The van der Waals surface area contributed by atoms with Gasteiger partial charge < -0.3 is 10.1 Å². The highest BCUT2D eigenvalue weighted by atomic mass is 35.5. The minimum Gasteiger partial charge on any atom is -0.377 e. The van der Waals surface area contributed by atoms with Gasteiger partial charge in [0.2, 0.25) is 10.9 Å². The second kappa shape index (κ2) is 5.83. The van der Waals surface area contributed by atoms with Crippen LogP contribution in [0.3, 0.4) is 0 Å². The fourth-order valence-electron chi connectivity index (χ4n) is 1.36. The second-order valence-electron chi connectivity index (χ2n) is 3.38. The van der Waals surface area contributed by atoms with Gasteiger partial charge in [0.25, 0.3) is 0 Å². The van der Waals surface area contributed by atoms with Crippen LogP contribution in [0.5, 0.6) is 0 Å². The molecule has 0 aromatic carbocycles. The van der Waals surface area contributed by atoms with Crippen molar-refractivity contribution in [3.05, 3.63) is 15.9 Å². The van der Waals surface area contributed by atoms with Crippen LogP contribution in [0, 0.1) is 0 Å². The SMILES string of the molecule is COCc1nn2c(CNC(=O)CCl)c(Cl)nc2s1. The van der Waals surface area contributed by atoms with Crippen LogP contribution in [0.2, 0.25) is 5.15 Å². The number of fused-ring (bicyclic) bond motifs is 1. The van der Waals surface area contributed by atoms with E-state index in [1.165, 1.54) is 11.3 Å². The smallest absolute Gasteiger partial charge is 0.235 e. The molecule has 2 rings (SSSR count). The Hall–Kier alpha value is -0.890. The second-order valence-corrected chi connectivity index (χ2v) is 5.05. The molecule has 0 radical (unpaired) electrons. The van der Waals surface area contributed by atoms with Gasteiger partial charge in [0, 0.05) is 7.11 Å². The number of methoxy groups -OCH3 is 1. The van der Waals surface area contributed by atoms with Crippen LogP contribution >= 0.6 is 34.5 Å². The first-order chi connectivity index (χ1) is 8.65. The largest absolute Gasteiger partial charge is 0.377 e. The topological polar surface area (TPSA) is 68.5 Å². The van der Waals surface area contributed by atoms with Gasteiger partial charge in [0.05, 0.1) is 13.2 Å². The van der Waals surface area contributed by atoms with Crippen LogP contribution in [-0.2, 0) is 22.7 Å². The number of imidazole rings is 1. The summed E-state index contributed by atoms with van der Waals surface area (Å²) in [5.74, 6) is -0.360. The molecule has 18 heavy (non-hydrogen) atoms. The average Bonchev–Trinajstić information content (AvgIpc) is 2.84. The molecule has 9 heteroatoms. The van der Waals surface area contributed by atoms with Crippen LogP contribution < -0.4 is 5.32 Å². The van der Waals surface area contributed by atoms with Gasteiger partial charge in [-0.25, -0.2) is 9.50 Å². The lowest BCUT2D eigenvalue weighted by molar-refractivity contribution is -0.118. The van der Waals surface area contributed by atoms with Gasteiger partial charge >= 0.3 is 0 Å². The molecule has 0 aliphatic carbocycles. The van der Waals surface area contributed by atoms with E-state index in [1.807, 2.05) is 0 Å². The Labute approximate surface area is 117 Å². The molecular formula is C9H10Cl2N4O2S. The highest BCUT2D eigenvalue weighted by molar-refractivity contribution is 7.16. The van der Waals surface area contributed by atoms with Crippen molar-refractivity contribution in [1.82, 2.24) is 19.9 Å². The van der Waals surface area contributed by atoms with E-state index in [2.05, 4.69) is 15.4 Å². The number of amides is 1. The maximum absolute atomic E-state index is 11.1. The number of alkyl halides is 1. The number of carbonyl (C=O) groups excluding carboxylic acids is 1. The molecule has 0 atom stereocenters. The quantitative estimate of drug-likeness (QED) is 0.849. The van der Waals surface area contributed by atoms with Crippen molar-refractivity contribution in [2.24, 2.45) is 0 Å². The summed E-state index contributed by atoms with van der Waals surface area (Å²) < 4.78 is 6.61. The third-order valence-electron chi connectivity index (χ3n) is 2.13. The highest BCUT2D eigenvalue weighted by Crippen LogP contribution is 2.22. The van der Waals surface area contributed by atoms with E-state index in [1.54, 1.807) is 11.6 Å². The zero-order chi connectivity index (χ0) is 13.1. The van der Waals surface area contributed by atoms with Crippen molar-refractivity contribution in [3.8, 4) is 0 Å². The Balaban J connectivity index is 2.24. The third-order valence-corrected chi connectivity index (χ3v) is 3.56. The van der Waals surface area contributed by atoms with Crippen molar-refractivity contribution in [3.63, 3.8) is 0 Å². The number of rotatable bonds is 5. The van der Waals surface area contributed by atoms with E-state index in [9.17, 15) is 4.79 Å². The van der Waals surface area contributed by atoms with E-state index in [0.29, 0.717) is 22.4 Å². The molecule has 0 unspecified atom stereocenters. The van der Waals surface area contributed by atoms with Crippen LogP contribution in [0.25, 0.3) is 4.96 Å². The monoisotopic (exact) mass is 308 g/mol. The summed E-state index contributed by atoms with van der Waals surface area (Å²) in [6, 6.07) is 0. The van der Waals surface area contributed by atoms with Gasteiger partial charge in [-0.3, -0.25) is 4.79 Å². The molecule has 2 aromatic rings. The predicted molar refractivity (Wildman–Crippen MR) is 69.2 cm³/mol. The lowest BCUT2D eigenvalue weighted by atomic mass is 10.4. The molecule has 6 nitrogen and oxygen atoms in total. The Bertz CT molecular complexity index is 568. The van der Waals surface area contributed by atoms with Gasteiger partial charge in [0.1, 0.15) is 16.6 Å². The molecule has 1 amide bonds. The average molecular weight is 309 g/mol. The maximum atomic E-state index is 11.1. The molecule has 2 heterocycles. The number of nitrogens with one attached hydrogen (secondary N) is 1. The van der Waals surface area contributed by atoms with E-state index < -0.39 is 0 Å². The van der Waals surface area contributed by atoms with E-state index in [4.69, 9.17) is 27.9 Å². The summed E-state index contributed by atoms with van der Waals surface area (Å²) in [4.78, 5) is 15.9. The first kappa shape index (κ1) is 13.5. The Morgan fingerprint density at radius 1 is 1.61 bits per heavy atom. The predicted octanol–water partition coefficient (Wildman–Crippen LogP) is 1.45. The summed E-state index contributed by atoms with van der Waals surface area (Å²) in [6.45, 7) is 0.654. The maximum Gasteiger partial charge on any atom is 0.235 e. The summed E-state index contributed by atoms with van der Waals surface area (Å²) in [7, 11) is 1.60. The molecule has 0 saturated carbocycles. The van der Waals surface area contributed by atoms with Gasteiger partial charge in [-0.05, 0) is 0 Å². The number of hydrogen-bond acceptors (Lipinski definition) is 5. The number of ether oxygens (including phenoxy) is 1. The molecule has 1 N–H and O–H groups in total. The molecule has 0 saturated heterocycles. The molecule has 0 spiro atoms. The Morgan fingerprint density at radius 2 is 2.39 bits per heavy atom. The summed E-state index contributed by atoms with van der Waals surface area (Å²) in [5, 5.41) is 8.05. The lowest BCUT2D eigenvalue weighted by Crippen LogP contribution is -2.24. The summed E-state index contributed by atoms with van der Waals surface area (Å²) in [6.07, 6.45) is 0. The van der Waals surface area contributed by atoms with Crippen LogP contribution in [0.1, 0.15) is 10.7 Å². The zero-order valence-electron chi connectivity index (χ0n) is 9.44. The fourth-order valence-corrected chi connectivity index (χ4v) is 2.62. The number of nitrogens with zero attached hydrogens (tertiary/aromatic N) is 3. The number of aromatic nitrogens is 3. The molecular weight excluding hydrogens is 299 g/mol. The highest BCUT2D eigenvalue weighted by Gasteiger charge is 2.15. The minimum absolute atomic E-state index is 0.0917. The van der Waals surface area contributed by atoms with E-state index >= 15 is 0 Å². The molecule has 2 aromatic heterocycles. The van der Waals surface area contributed by atoms with E-state index in [0.717, 1.165) is 5.01 Å². The molecule has 0 fully saturated rings. The van der Waals surface area contributed by atoms with Gasteiger partial charge in [-0.2, -0.15) is 5.10 Å². The zero-order valence-corrected chi connectivity index (χ0v) is 11.8. The number of hydrogen-bond donors (Lipinski definition) is 1. The number of halogens is 2. The van der Waals surface area contributed by atoms with Gasteiger partial charge in [-0.15, -0.1) is 11.6 Å². The summed E-state index contributed by atoms with van der Waals surface area (Å²) in [5.41, 5.74) is 0.628. The van der Waals surface area contributed by atoms with Gasteiger partial charge in [-0.1, -0.05) is 22.9 Å². The van der Waals surface area contributed by atoms with Crippen LogP contribution in [0.4, 0.5) is 0 Å². The number of carbonyl (C=O) groups is 1. The van der Waals surface area contributed by atoms with Crippen molar-refractivity contribution in [2.45, 2.75) is 13.2 Å². The standard InChI is InChI=1S/C9H10Cl2N4O2S/c1-17-4-7-14-15-5(3-12-6(16)2-10)8(11)13-9(15)18-7/h2-4H2,1H3,(H,12,16). The molecule has 98 valence electrons. The molecule has 0 aliphatic rings. The van der Waals surface area contributed by atoms with E-state index in [-0.39, 0.29) is 18.3 Å². The molecule has 0 aliphatic heterocycles. The van der Waals surface area contributed by atoms with Crippen LogP contribution in [-0.4, -0.2) is 33.5 Å². The van der Waals surface area contributed by atoms with Gasteiger partial charge in [0.15, 0.2) is 5.15 Å². The Kier molecular flexibility index (Phi) is 4.39. The lowest BCUT2D eigenvalue weighted by Gasteiger charge is -2.01. The van der Waals surface area contributed by atoms with Crippen molar-refractivity contribution >= 4 is 45.4 Å². The van der Waals surface area contributed by atoms with Crippen LogP contribution in [0.15, 0.2) is 0 Å². The Morgan fingerprint density at radius 3 is 3.06 bits per heavy atom. The van der Waals surface area contributed by atoms with Crippen molar-refractivity contribution in [2.75, 3.05) is 13.0 Å². The minimum atomic E-state index is -0.268. The van der Waals surface area contributed by atoms with Crippen molar-refractivity contribution < 1.29 is 9.53 Å². The first-order valence-corrected chi connectivity index (χ1v) is 6.73.